The Morgan fingerprint density at radius 1 is 1.04 bits per heavy atom. The number of nitrogens with zero attached hydrogens (tertiary/aromatic N) is 3. The first-order valence-electron chi connectivity index (χ1n) is 8.62. The highest BCUT2D eigenvalue weighted by molar-refractivity contribution is 7.13. The van der Waals surface area contributed by atoms with Gasteiger partial charge in [-0.05, 0) is 42.5 Å². The third-order valence-corrected chi connectivity index (χ3v) is 6.04. The van der Waals surface area contributed by atoms with Crippen LogP contribution in [0.3, 0.4) is 0 Å². The van der Waals surface area contributed by atoms with Gasteiger partial charge in [0.05, 0.1) is 17.5 Å². The lowest BCUT2D eigenvalue weighted by Crippen LogP contribution is -2.32. The summed E-state index contributed by atoms with van der Waals surface area (Å²) in [5.74, 6) is -0.294. The van der Waals surface area contributed by atoms with Crippen LogP contribution in [0.4, 0.5) is 21.3 Å². The molecule has 4 amide bonds. The summed E-state index contributed by atoms with van der Waals surface area (Å²) >= 11 is 1.21. The smallest absolute Gasteiger partial charge is 0.308 e. The summed E-state index contributed by atoms with van der Waals surface area (Å²) in [7, 11) is 0. The van der Waals surface area contributed by atoms with Crippen LogP contribution < -0.4 is 15.5 Å². The molecule has 2 N–H and O–H groups in total. The Balaban J connectivity index is 1.30. The molecule has 4 atom stereocenters. The van der Waals surface area contributed by atoms with Crippen molar-refractivity contribution in [1.82, 2.24) is 10.2 Å². The van der Waals surface area contributed by atoms with Crippen LogP contribution in [-0.4, -0.2) is 28.0 Å². The number of hydrogen-bond acceptors (Lipinski definition) is 6. The predicted molar refractivity (Wildman–Crippen MR) is 99.2 cm³/mol. The van der Waals surface area contributed by atoms with Crippen molar-refractivity contribution in [2.24, 2.45) is 23.7 Å². The van der Waals surface area contributed by atoms with Gasteiger partial charge in [-0.15, -0.1) is 10.2 Å². The van der Waals surface area contributed by atoms with E-state index in [2.05, 4.69) is 33.0 Å². The van der Waals surface area contributed by atoms with Crippen molar-refractivity contribution in [3.05, 3.63) is 41.9 Å². The van der Waals surface area contributed by atoms with E-state index in [9.17, 15) is 14.4 Å². The molecule has 2 aromatic rings. The van der Waals surface area contributed by atoms with Crippen LogP contribution >= 0.6 is 11.3 Å². The number of carbonyl (C=O) groups excluding carboxylic acids is 3. The predicted octanol–water partition coefficient (Wildman–Crippen LogP) is 2.49. The largest absolute Gasteiger partial charge is 0.325 e. The van der Waals surface area contributed by atoms with Crippen LogP contribution in [0.25, 0.3) is 0 Å². The molecule has 1 saturated carbocycles. The summed E-state index contributed by atoms with van der Waals surface area (Å²) in [6.45, 7) is 0. The molecule has 2 fully saturated rings. The van der Waals surface area contributed by atoms with Gasteiger partial charge in [-0.1, -0.05) is 23.5 Å². The van der Waals surface area contributed by atoms with Gasteiger partial charge in [0.15, 0.2) is 0 Å². The Labute approximate surface area is 158 Å². The second-order valence-corrected chi connectivity index (χ2v) is 7.71. The molecule has 1 aromatic carbocycles. The highest BCUT2D eigenvalue weighted by Gasteiger charge is 2.59. The number of imide groups is 1. The third-order valence-electron chi connectivity index (χ3n) is 5.43. The topological polar surface area (TPSA) is 104 Å². The Morgan fingerprint density at radius 3 is 2.30 bits per heavy atom. The molecule has 2 aliphatic carbocycles. The maximum atomic E-state index is 12.8. The maximum absolute atomic E-state index is 12.8. The van der Waals surface area contributed by atoms with E-state index in [0.29, 0.717) is 16.5 Å². The van der Waals surface area contributed by atoms with Gasteiger partial charge in [-0.25, -0.2) is 4.79 Å². The Bertz CT molecular complexity index is 926. The van der Waals surface area contributed by atoms with Crippen LogP contribution in [0.1, 0.15) is 6.42 Å². The number of hydrogen-bond donors (Lipinski definition) is 2. The zero-order chi connectivity index (χ0) is 18.5. The van der Waals surface area contributed by atoms with Gasteiger partial charge >= 0.3 is 6.03 Å². The molecule has 2 bridgehead atoms. The standard InChI is InChI=1S/C18H15N5O3S/c24-15-13-9-1-2-10(7-9)14(13)16(25)23(15)12-5-3-11(4-6-12)20-17(26)21-18-22-19-8-27-18/h1-6,8-10,13-14H,7H2,(H2,20,21,22,26)/t9-,10-,13+,14+/m0/s1. The van der Waals surface area contributed by atoms with Crippen molar-refractivity contribution in [2.75, 3.05) is 15.5 Å². The molecule has 1 saturated heterocycles. The molecule has 1 aliphatic heterocycles. The molecular formula is C18H15N5O3S. The molecule has 3 aliphatic rings. The minimum atomic E-state index is -0.440. The molecule has 9 heteroatoms. The molecule has 0 spiro atoms. The van der Waals surface area contributed by atoms with Crippen molar-refractivity contribution in [1.29, 1.82) is 0 Å². The van der Waals surface area contributed by atoms with Crippen molar-refractivity contribution >= 4 is 45.7 Å². The summed E-state index contributed by atoms with van der Waals surface area (Å²) in [6, 6.07) is 6.23. The summed E-state index contributed by atoms with van der Waals surface area (Å²) in [5.41, 5.74) is 2.60. The minimum absolute atomic E-state index is 0.114. The summed E-state index contributed by atoms with van der Waals surface area (Å²) in [5, 5.41) is 13.0. The molecule has 136 valence electrons. The van der Waals surface area contributed by atoms with Gasteiger partial charge in [0.25, 0.3) is 0 Å². The number of carbonyl (C=O) groups is 3. The SMILES string of the molecule is O=C(Nc1ccc(N2C(=O)[C@H]3[C@H](C2=O)[C@H]2C=C[C@H]3C2)cc1)Nc1nncs1. The van der Waals surface area contributed by atoms with Crippen molar-refractivity contribution < 1.29 is 14.4 Å². The lowest BCUT2D eigenvalue weighted by Gasteiger charge is -2.17. The van der Waals surface area contributed by atoms with Crippen LogP contribution in [0, 0.1) is 23.7 Å². The van der Waals surface area contributed by atoms with Crippen LogP contribution in [0.15, 0.2) is 41.9 Å². The van der Waals surface area contributed by atoms with Gasteiger partial charge in [0, 0.05) is 5.69 Å². The fourth-order valence-corrected chi connectivity index (χ4v) is 4.78. The van der Waals surface area contributed by atoms with E-state index >= 15 is 0 Å². The van der Waals surface area contributed by atoms with E-state index in [4.69, 9.17) is 0 Å². The van der Waals surface area contributed by atoms with E-state index in [1.165, 1.54) is 21.7 Å². The van der Waals surface area contributed by atoms with Crippen LogP contribution in [0.2, 0.25) is 0 Å². The number of benzene rings is 1. The number of fused-ring (bicyclic) bond motifs is 5. The molecule has 8 nitrogen and oxygen atoms in total. The average Bonchev–Trinajstić information content (AvgIpc) is 3.42. The zero-order valence-corrected chi connectivity index (χ0v) is 14.8. The fraction of sp³-hybridized carbons (Fsp3) is 0.278. The molecule has 5 rings (SSSR count). The van der Waals surface area contributed by atoms with Crippen molar-refractivity contribution in [3.63, 3.8) is 0 Å². The number of anilines is 3. The van der Waals surface area contributed by atoms with Crippen LogP contribution in [-0.2, 0) is 9.59 Å². The lowest BCUT2D eigenvalue weighted by molar-refractivity contribution is -0.123. The zero-order valence-electron chi connectivity index (χ0n) is 14.0. The first-order chi connectivity index (χ1) is 13.1. The molecular weight excluding hydrogens is 366 g/mol. The average molecular weight is 381 g/mol. The Kier molecular flexibility index (Phi) is 3.57. The quantitative estimate of drug-likeness (QED) is 0.628. The number of nitrogens with one attached hydrogen (secondary N) is 2. The van der Waals surface area contributed by atoms with Crippen molar-refractivity contribution in [2.45, 2.75) is 6.42 Å². The maximum Gasteiger partial charge on any atom is 0.325 e. The third kappa shape index (κ3) is 2.54. The highest BCUT2D eigenvalue weighted by Crippen LogP contribution is 2.53. The van der Waals surface area contributed by atoms with Gasteiger partial charge < -0.3 is 5.32 Å². The van der Waals surface area contributed by atoms with Gasteiger partial charge in [-0.2, -0.15) is 0 Å². The first-order valence-corrected chi connectivity index (χ1v) is 9.50. The van der Waals surface area contributed by atoms with Crippen molar-refractivity contribution in [3.8, 4) is 0 Å². The second kappa shape index (κ2) is 5.98. The number of rotatable bonds is 3. The monoisotopic (exact) mass is 381 g/mol. The Morgan fingerprint density at radius 2 is 1.70 bits per heavy atom. The summed E-state index contributed by atoms with van der Waals surface area (Å²) in [4.78, 5) is 38.8. The lowest BCUT2D eigenvalue weighted by atomic mass is 9.85. The second-order valence-electron chi connectivity index (χ2n) is 6.88. The van der Waals surface area contributed by atoms with E-state index < -0.39 is 6.03 Å². The minimum Gasteiger partial charge on any atom is -0.308 e. The van der Waals surface area contributed by atoms with Gasteiger partial charge in [0.1, 0.15) is 5.51 Å². The highest BCUT2D eigenvalue weighted by atomic mass is 32.1. The summed E-state index contributed by atoms with van der Waals surface area (Å²) in [6.07, 6.45) is 5.06. The number of allylic oxidation sites excluding steroid dienone is 2. The molecule has 27 heavy (non-hydrogen) atoms. The van der Waals surface area contributed by atoms with Crippen LogP contribution in [0.5, 0.6) is 0 Å². The first kappa shape index (κ1) is 16.1. The number of amides is 4. The normalized spacial score (nSPS) is 27.9. The molecule has 1 aromatic heterocycles. The number of urea groups is 1. The van der Waals surface area contributed by atoms with E-state index in [1.54, 1.807) is 24.3 Å². The number of aromatic nitrogens is 2. The van der Waals surface area contributed by atoms with Gasteiger partial charge in [0.2, 0.25) is 16.9 Å². The van der Waals surface area contributed by atoms with E-state index in [-0.39, 0.29) is 35.5 Å². The van der Waals surface area contributed by atoms with E-state index in [1.807, 2.05) is 0 Å². The Hall–Kier alpha value is -3.07. The molecule has 0 radical (unpaired) electrons. The summed E-state index contributed by atoms with van der Waals surface area (Å²) < 4.78 is 0. The van der Waals surface area contributed by atoms with Gasteiger partial charge in [-0.3, -0.25) is 19.8 Å². The fourth-order valence-electron chi connectivity index (χ4n) is 4.34. The molecule has 0 unspecified atom stereocenters. The molecule has 2 heterocycles. The van der Waals surface area contributed by atoms with E-state index in [0.717, 1.165) is 6.42 Å².